The highest BCUT2D eigenvalue weighted by Crippen LogP contribution is 2.16. The first-order valence-electron chi connectivity index (χ1n) is 8.76. The Morgan fingerprint density at radius 2 is 1.25 bits per heavy atom. The van der Waals surface area contributed by atoms with Gasteiger partial charge in [-0.05, 0) is 60.4 Å². The van der Waals surface area contributed by atoms with Crippen molar-refractivity contribution in [3.63, 3.8) is 0 Å². The number of para-hydroxylation sites is 1. The lowest BCUT2D eigenvalue weighted by Gasteiger charge is -2.09. The van der Waals surface area contributed by atoms with Gasteiger partial charge >= 0.3 is 6.03 Å². The van der Waals surface area contributed by atoms with Gasteiger partial charge in [0.05, 0.1) is 0 Å². The van der Waals surface area contributed by atoms with E-state index in [0.717, 1.165) is 5.75 Å². The zero-order valence-corrected chi connectivity index (χ0v) is 16.3. The molecule has 3 aromatic rings. The van der Waals surface area contributed by atoms with Crippen molar-refractivity contribution in [1.29, 1.82) is 0 Å². The summed E-state index contributed by atoms with van der Waals surface area (Å²) in [4.78, 5) is 24.4. The molecule has 0 bridgehead atoms. The van der Waals surface area contributed by atoms with E-state index in [1.54, 1.807) is 36.0 Å². The van der Waals surface area contributed by atoms with Crippen LogP contribution in [0.1, 0.15) is 15.9 Å². The second kappa shape index (κ2) is 9.62. The van der Waals surface area contributed by atoms with Crippen LogP contribution in [0, 0.1) is 0 Å². The van der Waals surface area contributed by atoms with E-state index in [1.165, 1.54) is 5.56 Å². The average Bonchev–Trinajstić information content (AvgIpc) is 2.71. The van der Waals surface area contributed by atoms with Gasteiger partial charge in [0.25, 0.3) is 5.91 Å². The fraction of sp³-hybridized carbons (Fsp3) is 0.0909. The van der Waals surface area contributed by atoms with Crippen molar-refractivity contribution in [2.75, 3.05) is 22.2 Å². The first kappa shape index (κ1) is 19.5. The fourth-order valence-corrected chi connectivity index (χ4v) is 3.10. The summed E-state index contributed by atoms with van der Waals surface area (Å²) >= 11 is 1.74. The molecule has 3 aromatic carbocycles. The molecule has 0 atom stereocenters. The van der Waals surface area contributed by atoms with Crippen molar-refractivity contribution >= 4 is 40.8 Å². The molecule has 0 unspecified atom stereocenters. The molecule has 3 amide bonds. The van der Waals surface area contributed by atoms with Gasteiger partial charge in [0.1, 0.15) is 0 Å². The number of urea groups is 1. The van der Waals surface area contributed by atoms with Gasteiger partial charge in [0.2, 0.25) is 0 Å². The number of hydrogen-bond acceptors (Lipinski definition) is 3. The molecule has 0 heterocycles. The molecule has 142 valence electrons. The van der Waals surface area contributed by atoms with Crippen LogP contribution < -0.4 is 16.0 Å². The van der Waals surface area contributed by atoms with Gasteiger partial charge < -0.3 is 16.0 Å². The van der Waals surface area contributed by atoms with Crippen molar-refractivity contribution in [3.8, 4) is 0 Å². The predicted molar refractivity (Wildman–Crippen MR) is 117 cm³/mol. The van der Waals surface area contributed by atoms with Crippen LogP contribution in [0.5, 0.6) is 0 Å². The highest BCUT2D eigenvalue weighted by atomic mass is 32.2. The molecule has 0 fully saturated rings. The second-order valence-corrected chi connectivity index (χ2v) is 6.97. The van der Waals surface area contributed by atoms with Crippen molar-refractivity contribution in [2.24, 2.45) is 0 Å². The molecule has 0 saturated carbocycles. The third kappa shape index (κ3) is 5.62. The van der Waals surface area contributed by atoms with E-state index in [4.69, 9.17) is 0 Å². The molecule has 28 heavy (non-hydrogen) atoms. The molecule has 6 heteroatoms. The standard InChI is InChI=1S/C22H21N3O2S/c1-28-15-16-7-9-17(10-8-16)21(26)23-19-11-13-20(14-12-19)25-22(27)24-18-5-3-2-4-6-18/h2-14H,15H2,1H3,(H,23,26)(H2,24,25,27). The van der Waals surface area contributed by atoms with Gasteiger partial charge in [-0.25, -0.2) is 4.79 Å². The van der Waals surface area contributed by atoms with E-state index in [2.05, 4.69) is 16.0 Å². The van der Waals surface area contributed by atoms with Crippen LogP contribution in [0.4, 0.5) is 21.9 Å². The summed E-state index contributed by atoms with van der Waals surface area (Å²) in [5.41, 5.74) is 3.80. The van der Waals surface area contributed by atoms with Crippen LogP contribution in [0.3, 0.4) is 0 Å². The van der Waals surface area contributed by atoms with Gasteiger partial charge in [-0.2, -0.15) is 11.8 Å². The van der Waals surface area contributed by atoms with E-state index in [9.17, 15) is 9.59 Å². The molecule has 3 N–H and O–H groups in total. The predicted octanol–water partition coefficient (Wildman–Crippen LogP) is 5.45. The molecule has 0 aliphatic carbocycles. The minimum absolute atomic E-state index is 0.168. The number of hydrogen-bond donors (Lipinski definition) is 3. The molecule has 0 aliphatic heterocycles. The van der Waals surface area contributed by atoms with E-state index in [0.29, 0.717) is 22.6 Å². The maximum Gasteiger partial charge on any atom is 0.323 e. The van der Waals surface area contributed by atoms with E-state index in [1.807, 2.05) is 60.9 Å². The molecule has 0 saturated heterocycles. The lowest BCUT2D eigenvalue weighted by atomic mass is 10.1. The third-order valence-electron chi connectivity index (χ3n) is 3.96. The smallest absolute Gasteiger partial charge is 0.322 e. The zero-order valence-electron chi connectivity index (χ0n) is 15.4. The SMILES string of the molecule is CSCc1ccc(C(=O)Nc2ccc(NC(=O)Nc3ccccc3)cc2)cc1. The molecule has 0 aromatic heterocycles. The molecule has 0 spiro atoms. The molecule has 5 nitrogen and oxygen atoms in total. The number of anilines is 3. The largest absolute Gasteiger partial charge is 0.323 e. The number of amides is 3. The first-order chi connectivity index (χ1) is 13.6. The van der Waals surface area contributed by atoms with Crippen LogP contribution in [-0.2, 0) is 5.75 Å². The summed E-state index contributed by atoms with van der Waals surface area (Å²) in [7, 11) is 0. The fourth-order valence-electron chi connectivity index (χ4n) is 2.57. The number of carbonyl (C=O) groups excluding carboxylic acids is 2. The number of thioether (sulfide) groups is 1. The van der Waals surface area contributed by atoms with Crippen LogP contribution in [0.15, 0.2) is 78.9 Å². The monoisotopic (exact) mass is 391 g/mol. The minimum atomic E-state index is -0.326. The molecular formula is C22H21N3O2S. The van der Waals surface area contributed by atoms with Crippen molar-refractivity contribution in [2.45, 2.75) is 5.75 Å². The van der Waals surface area contributed by atoms with Crippen LogP contribution >= 0.6 is 11.8 Å². The first-order valence-corrected chi connectivity index (χ1v) is 10.2. The number of nitrogens with one attached hydrogen (secondary N) is 3. The van der Waals surface area contributed by atoms with Gasteiger partial charge in [-0.1, -0.05) is 30.3 Å². The number of carbonyl (C=O) groups is 2. The Morgan fingerprint density at radius 3 is 1.82 bits per heavy atom. The lowest BCUT2D eigenvalue weighted by molar-refractivity contribution is 0.102. The normalized spacial score (nSPS) is 10.2. The van der Waals surface area contributed by atoms with Gasteiger partial charge in [0, 0.05) is 28.4 Å². The summed E-state index contributed by atoms with van der Waals surface area (Å²) in [6.07, 6.45) is 2.05. The average molecular weight is 391 g/mol. The van der Waals surface area contributed by atoms with E-state index < -0.39 is 0 Å². The molecule has 0 radical (unpaired) electrons. The van der Waals surface area contributed by atoms with E-state index in [-0.39, 0.29) is 11.9 Å². The summed E-state index contributed by atoms with van der Waals surface area (Å²) in [5, 5.41) is 8.36. The molecule has 0 aliphatic rings. The highest BCUT2D eigenvalue weighted by Gasteiger charge is 2.07. The Hall–Kier alpha value is -3.25. The van der Waals surface area contributed by atoms with Crippen LogP contribution in [-0.4, -0.2) is 18.2 Å². The zero-order chi connectivity index (χ0) is 19.8. The summed E-state index contributed by atoms with van der Waals surface area (Å²) < 4.78 is 0. The molecule has 3 rings (SSSR count). The Kier molecular flexibility index (Phi) is 6.70. The second-order valence-electron chi connectivity index (χ2n) is 6.11. The van der Waals surface area contributed by atoms with Gasteiger partial charge in [0.15, 0.2) is 0 Å². The lowest BCUT2D eigenvalue weighted by Crippen LogP contribution is -2.19. The summed E-state index contributed by atoms with van der Waals surface area (Å²) in [5.74, 6) is 0.757. The third-order valence-corrected chi connectivity index (χ3v) is 4.58. The van der Waals surface area contributed by atoms with Crippen LogP contribution in [0.2, 0.25) is 0 Å². The Balaban J connectivity index is 1.55. The van der Waals surface area contributed by atoms with Crippen molar-refractivity contribution < 1.29 is 9.59 Å². The molecular weight excluding hydrogens is 370 g/mol. The van der Waals surface area contributed by atoms with Crippen molar-refractivity contribution in [3.05, 3.63) is 90.0 Å². The topological polar surface area (TPSA) is 70.2 Å². The number of rotatable bonds is 6. The summed E-state index contributed by atoms with van der Waals surface area (Å²) in [6.45, 7) is 0. The quantitative estimate of drug-likeness (QED) is 0.523. The van der Waals surface area contributed by atoms with Crippen LogP contribution in [0.25, 0.3) is 0 Å². The van der Waals surface area contributed by atoms with E-state index >= 15 is 0 Å². The Bertz CT molecular complexity index is 926. The van der Waals surface area contributed by atoms with Crippen molar-refractivity contribution in [1.82, 2.24) is 0 Å². The number of benzene rings is 3. The Morgan fingerprint density at radius 1 is 0.714 bits per heavy atom. The Labute approximate surface area is 168 Å². The summed E-state index contributed by atoms with van der Waals surface area (Å²) in [6, 6.07) is 23.4. The highest BCUT2D eigenvalue weighted by molar-refractivity contribution is 7.97. The maximum absolute atomic E-state index is 12.4. The maximum atomic E-state index is 12.4. The van der Waals surface area contributed by atoms with Gasteiger partial charge in [-0.3, -0.25) is 4.79 Å². The van der Waals surface area contributed by atoms with Gasteiger partial charge in [-0.15, -0.1) is 0 Å². The minimum Gasteiger partial charge on any atom is -0.322 e.